The molecular formula is C22H24Cl3N3O. The van der Waals surface area contributed by atoms with Crippen molar-refractivity contribution in [2.24, 2.45) is 0 Å². The van der Waals surface area contributed by atoms with E-state index in [-0.39, 0.29) is 5.91 Å². The van der Waals surface area contributed by atoms with Crippen LogP contribution in [0, 0.1) is 0 Å². The molecule has 0 saturated carbocycles. The lowest BCUT2D eigenvalue weighted by atomic mass is 10.2. The maximum atomic E-state index is 12.4. The van der Waals surface area contributed by atoms with Gasteiger partial charge >= 0.3 is 0 Å². The average Bonchev–Trinajstić information content (AvgIpc) is 2.72. The summed E-state index contributed by atoms with van der Waals surface area (Å²) in [6.45, 7) is 3.96. The molecule has 1 amide bonds. The summed E-state index contributed by atoms with van der Waals surface area (Å²) in [7, 11) is 0. The Kier molecular flexibility index (Phi) is 7.99. The van der Waals surface area contributed by atoms with Gasteiger partial charge in [-0.15, -0.1) is 0 Å². The zero-order chi connectivity index (χ0) is 20.7. The molecule has 0 bridgehead atoms. The minimum atomic E-state index is -1.63. The maximum absolute atomic E-state index is 12.4. The van der Waals surface area contributed by atoms with E-state index < -0.39 is 9.96 Å². The molecule has 1 fully saturated rings. The Balaban J connectivity index is 1.57. The SMILES string of the molecule is O=C(/C=C/c1ccccc1)N[C@@H](N1CCN(Cc2ccccc2)CC1)C(Cl)(Cl)Cl. The molecule has 29 heavy (non-hydrogen) atoms. The predicted molar refractivity (Wildman–Crippen MR) is 121 cm³/mol. The van der Waals surface area contributed by atoms with E-state index in [4.69, 9.17) is 34.8 Å². The monoisotopic (exact) mass is 451 g/mol. The van der Waals surface area contributed by atoms with Crippen LogP contribution < -0.4 is 5.32 Å². The highest BCUT2D eigenvalue weighted by molar-refractivity contribution is 6.68. The Morgan fingerprint density at radius 1 is 0.966 bits per heavy atom. The van der Waals surface area contributed by atoms with Crippen LogP contribution in [0.4, 0.5) is 0 Å². The molecule has 1 aliphatic rings. The standard InChI is InChI=1S/C22H24Cl3N3O/c23-22(24,25)21(26-20(29)12-11-18-7-3-1-4-8-18)28-15-13-27(14-16-28)17-19-9-5-2-6-10-19/h1-12,21H,13-17H2,(H,26,29)/b12-11+/t21-/m0/s1. The molecule has 1 atom stereocenters. The molecule has 7 heteroatoms. The first-order valence-electron chi connectivity index (χ1n) is 9.52. The lowest BCUT2D eigenvalue weighted by molar-refractivity contribution is -0.118. The van der Waals surface area contributed by atoms with Crippen molar-refractivity contribution in [3.63, 3.8) is 0 Å². The van der Waals surface area contributed by atoms with E-state index >= 15 is 0 Å². The van der Waals surface area contributed by atoms with E-state index in [2.05, 4.69) is 22.3 Å². The van der Waals surface area contributed by atoms with Crippen LogP contribution in [-0.2, 0) is 11.3 Å². The van der Waals surface area contributed by atoms with E-state index in [9.17, 15) is 4.79 Å². The molecule has 0 spiro atoms. The van der Waals surface area contributed by atoms with Gasteiger partial charge in [-0.3, -0.25) is 14.6 Å². The first-order valence-corrected chi connectivity index (χ1v) is 10.7. The molecule has 4 nitrogen and oxygen atoms in total. The largest absolute Gasteiger partial charge is 0.333 e. The van der Waals surface area contributed by atoms with Crippen LogP contribution in [0.25, 0.3) is 6.08 Å². The fourth-order valence-electron chi connectivity index (χ4n) is 3.32. The number of hydrogen-bond acceptors (Lipinski definition) is 3. The summed E-state index contributed by atoms with van der Waals surface area (Å²) in [4.78, 5) is 16.8. The molecule has 3 rings (SSSR count). The van der Waals surface area contributed by atoms with Gasteiger partial charge in [-0.05, 0) is 17.2 Å². The van der Waals surface area contributed by atoms with Crippen molar-refractivity contribution in [1.29, 1.82) is 0 Å². The Morgan fingerprint density at radius 2 is 1.55 bits per heavy atom. The highest BCUT2D eigenvalue weighted by atomic mass is 35.6. The number of rotatable bonds is 6. The number of nitrogens with one attached hydrogen (secondary N) is 1. The lowest BCUT2D eigenvalue weighted by Crippen LogP contribution is -2.60. The first kappa shape index (κ1) is 22.1. The van der Waals surface area contributed by atoms with Gasteiger partial charge in [0.1, 0.15) is 6.17 Å². The molecule has 154 valence electrons. The van der Waals surface area contributed by atoms with E-state index in [1.54, 1.807) is 6.08 Å². The average molecular weight is 453 g/mol. The van der Waals surface area contributed by atoms with Gasteiger partial charge in [0.05, 0.1) is 0 Å². The van der Waals surface area contributed by atoms with Crippen molar-refractivity contribution < 1.29 is 4.79 Å². The summed E-state index contributed by atoms with van der Waals surface area (Å²) in [5, 5.41) is 2.85. The van der Waals surface area contributed by atoms with Crippen LogP contribution >= 0.6 is 34.8 Å². The normalized spacial score (nSPS) is 17.3. The Hall–Kier alpha value is -1.56. The summed E-state index contributed by atoms with van der Waals surface area (Å²) in [6, 6.07) is 19.9. The van der Waals surface area contributed by atoms with Gasteiger partial charge < -0.3 is 5.32 Å². The van der Waals surface area contributed by atoms with Gasteiger partial charge in [-0.2, -0.15) is 0 Å². The Morgan fingerprint density at radius 3 is 2.14 bits per heavy atom. The number of piperazine rings is 1. The van der Waals surface area contributed by atoms with Gasteiger partial charge in [0, 0.05) is 38.8 Å². The maximum Gasteiger partial charge on any atom is 0.245 e. The number of nitrogens with zero attached hydrogens (tertiary/aromatic N) is 2. The third-order valence-electron chi connectivity index (χ3n) is 4.84. The predicted octanol–water partition coefficient (Wildman–Crippen LogP) is 4.33. The van der Waals surface area contributed by atoms with Crippen molar-refractivity contribution >= 4 is 46.8 Å². The van der Waals surface area contributed by atoms with E-state index in [0.29, 0.717) is 13.1 Å². The molecule has 0 unspecified atom stereocenters. The molecular weight excluding hydrogens is 429 g/mol. The molecule has 1 heterocycles. The van der Waals surface area contributed by atoms with Crippen molar-refractivity contribution in [1.82, 2.24) is 15.1 Å². The third kappa shape index (κ3) is 7.02. The summed E-state index contributed by atoms with van der Waals surface area (Å²) >= 11 is 18.6. The van der Waals surface area contributed by atoms with Gasteiger partial charge in [-0.1, -0.05) is 95.5 Å². The second-order valence-corrected chi connectivity index (χ2v) is 9.36. The Bertz CT molecular complexity index is 801. The van der Waals surface area contributed by atoms with Crippen LogP contribution in [0.5, 0.6) is 0 Å². The Labute approximate surface area is 187 Å². The lowest BCUT2D eigenvalue weighted by Gasteiger charge is -2.41. The molecule has 0 aliphatic carbocycles. The minimum Gasteiger partial charge on any atom is -0.333 e. The zero-order valence-corrected chi connectivity index (χ0v) is 18.2. The van der Waals surface area contributed by atoms with Crippen molar-refractivity contribution in [3.05, 3.63) is 77.9 Å². The number of carbonyl (C=O) groups is 1. The van der Waals surface area contributed by atoms with Crippen LogP contribution in [0.2, 0.25) is 0 Å². The molecule has 1 saturated heterocycles. The minimum absolute atomic E-state index is 0.295. The van der Waals surface area contributed by atoms with Gasteiger partial charge in [0.25, 0.3) is 0 Å². The second-order valence-electron chi connectivity index (χ2n) is 6.99. The number of halogens is 3. The number of carbonyl (C=O) groups excluding carboxylic acids is 1. The number of hydrogen-bond donors (Lipinski definition) is 1. The van der Waals surface area contributed by atoms with E-state index in [1.807, 2.05) is 53.4 Å². The molecule has 0 aromatic heterocycles. The summed E-state index contributed by atoms with van der Waals surface area (Å²) < 4.78 is -1.63. The quantitative estimate of drug-likeness (QED) is 0.523. The topological polar surface area (TPSA) is 35.6 Å². The molecule has 0 radical (unpaired) electrons. The number of alkyl halides is 3. The fraction of sp³-hybridized carbons (Fsp3) is 0.318. The molecule has 2 aromatic rings. The second kappa shape index (κ2) is 10.5. The van der Waals surface area contributed by atoms with Gasteiger partial charge in [0.15, 0.2) is 0 Å². The molecule has 1 N–H and O–H groups in total. The summed E-state index contributed by atoms with van der Waals surface area (Å²) in [5.74, 6) is -0.295. The van der Waals surface area contributed by atoms with Crippen molar-refractivity contribution in [2.45, 2.75) is 16.5 Å². The van der Waals surface area contributed by atoms with E-state index in [0.717, 1.165) is 25.2 Å². The highest BCUT2D eigenvalue weighted by Crippen LogP contribution is 2.32. The van der Waals surface area contributed by atoms with Crippen molar-refractivity contribution in [3.8, 4) is 0 Å². The summed E-state index contributed by atoms with van der Waals surface area (Å²) in [5.41, 5.74) is 2.21. The van der Waals surface area contributed by atoms with Gasteiger partial charge in [-0.25, -0.2) is 0 Å². The van der Waals surface area contributed by atoms with Gasteiger partial charge in [0.2, 0.25) is 9.70 Å². The van der Waals surface area contributed by atoms with Crippen molar-refractivity contribution in [2.75, 3.05) is 26.2 Å². The number of amides is 1. The summed E-state index contributed by atoms with van der Waals surface area (Å²) in [6.07, 6.45) is 2.51. The van der Waals surface area contributed by atoms with Crippen LogP contribution in [0.1, 0.15) is 11.1 Å². The smallest absolute Gasteiger partial charge is 0.245 e. The van der Waals surface area contributed by atoms with Crippen LogP contribution in [0.15, 0.2) is 66.7 Å². The zero-order valence-electron chi connectivity index (χ0n) is 16.0. The van der Waals surface area contributed by atoms with Crippen LogP contribution in [0.3, 0.4) is 0 Å². The first-order chi connectivity index (χ1) is 13.9. The highest BCUT2D eigenvalue weighted by Gasteiger charge is 2.39. The molecule has 2 aromatic carbocycles. The van der Waals surface area contributed by atoms with E-state index in [1.165, 1.54) is 11.6 Å². The third-order valence-corrected chi connectivity index (χ3v) is 5.46. The number of benzene rings is 2. The molecule has 1 aliphatic heterocycles. The van der Waals surface area contributed by atoms with Crippen LogP contribution in [-0.4, -0.2) is 51.8 Å². The fourth-order valence-corrected chi connectivity index (χ4v) is 3.90.